The average Bonchev–Trinajstić information content (AvgIpc) is 2.83. The van der Waals surface area contributed by atoms with Crippen LogP contribution in [0.2, 0.25) is 0 Å². The maximum absolute atomic E-state index is 4.75. The van der Waals surface area contributed by atoms with Crippen molar-refractivity contribution in [1.82, 2.24) is 15.1 Å². The van der Waals surface area contributed by atoms with E-state index in [2.05, 4.69) is 41.7 Å². The van der Waals surface area contributed by atoms with Crippen LogP contribution in [0.15, 0.2) is 27.7 Å². The molecule has 0 aromatic carbocycles. The molecule has 0 aliphatic rings. The molecule has 0 saturated heterocycles. The SMILES string of the molecule is CCNc1ncnc(NCc2ccon2)c1Br. The van der Waals surface area contributed by atoms with E-state index in [4.69, 9.17) is 4.52 Å². The molecule has 0 unspecified atom stereocenters. The highest BCUT2D eigenvalue weighted by Crippen LogP contribution is 2.26. The third kappa shape index (κ3) is 2.94. The van der Waals surface area contributed by atoms with Crippen molar-refractivity contribution in [3.63, 3.8) is 0 Å². The molecule has 2 N–H and O–H groups in total. The van der Waals surface area contributed by atoms with Gasteiger partial charge in [-0.05, 0) is 22.9 Å². The molecule has 2 aromatic heterocycles. The Hall–Kier alpha value is -1.63. The Morgan fingerprint density at radius 2 is 2.06 bits per heavy atom. The molecule has 0 spiro atoms. The topological polar surface area (TPSA) is 75.9 Å². The van der Waals surface area contributed by atoms with Gasteiger partial charge in [-0.1, -0.05) is 5.16 Å². The van der Waals surface area contributed by atoms with E-state index in [1.54, 1.807) is 6.07 Å². The summed E-state index contributed by atoms with van der Waals surface area (Å²) in [6.45, 7) is 3.37. The van der Waals surface area contributed by atoms with Crippen molar-refractivity contribution in [3.05, 3.63) is 28.8 Å². The number of anilines is 2. The Morgan fingerprint density at radius 1 is 1.29 bits per heavy atom. The Kier molecular flexibility index (Phi) is 3.92. The predicted molar refractivity (Wildman–Crippen MR) is 67.7 cm³/mol. The van der Waals surface area contributed by atoms with Gasteiger partial charge < -0.3 is 15.2 Å². The molecule has 0 radical (unpaired) electrons. The lowest BCUT2D eigenvalue weighted by Gasteiger charge is -2.09. The minimum atomic E-state index is 0.553. The largest absolute Gasteiger partial charge is 0.369 e. The molecule has 0 amide bonds. The first-order chi connectivity index (χ1) is 8.31. The van der Waals surface area contributed by atoms with Crippen LogP contribution in [0.3, 0.4) is 0 Å². The van der Waals surface area contributed by atoms with Gasteiger partial charge in [-0.2, -0.15) is 0 Å². The van der Waals surface area contributed by atoms with E-state index in [-0.39, 0.29) is 0 Å². The lowest BCUT2D eigenvalue weighted by Crippen LogP contribution is -2.06. The van der Waals surface area contributed by atoms with Gasteiger partial charge in [0, 0.05) is 12.6 Å². The van der Waals surface area contributed by atoms with Crippen LogP contribution in [-0.2, 0) is 6.54 Å². The summed E-state index contributed by atoms with van der Waals surface area (Å²) in [7, 11) is 0. The highest BCUT2D eigenvalue weighted by atomic mass is 79.9. The summed E-state index contributed by atoms with van der Waals surface area (Å²) in [6, 6.07) is 1.80. The van der Waals surface area contributed by atoms with Crippen molar-refractivity contribution in [2.24, 2.45) is 0 Å². The van der Waals surface area contributed by atoms with Gasteiger partial charge in [0.25, 0.3) is 0 Å². The molecular weight excluding hydrogens is 286 g/mol. The summed E-state index contributed by atoms with van der Waals surface area (Å²) < 4.78 is 5.56. The molecule has 2 aromatic rings. The Balaban J connectivity index is 2.07. The molecule has 6 nitrogen and oxygen atoms in total. The lowest BCUT2D eigenvalue weighted by atomic mass is 10.4. The van der Waals surface area contributed by atoms with Crippen LogP contribution < -0.4 is 10.6 Å². The second-order valence-electron chi connectivity index (χ2n) is 3.26. The third-order valence-corrected chi connectivity index (χ3v) is 2.81. The van der Waals surface area contributed by atoms with Gasteiger partial charge in [-0.3, -0.25) is 0 Å². The molecule has 0 fully saturated rings. The minimum Gasteiger partial charge on any atom is -0.369 e. The molecule has 90 valence electrons. The Labute approximate surface area is 107 Å². The van der Waals surface area contributed by atoms with E-state index in [1.165, 1.54) is 12.6 Å². The fourth-order valence-corrected chi connectivity index (χ4v) is 1.77. The maximum atomic E-state index is 4.75. The normalized spacial score (nSPS) is 10.2. The number of nitrogens with one attached hydrogen (secondary N) is 2. The summed E-state index contributed by atoms with van der Waals surface area (Å²) in [5.41, 5.74) is 0.820. The van der Waals surface area contributed by atoms with E-state index in [0.29, 0.717) is 6.54 Å². The highest BCUT2D eigenvalue weighted by molar-refractivity contribution is 9.10. The maximum Gasteiger partial charge on any atom is 0.146 e. The van der Waals surface area contributed by atoms with Gasteiger partial charge >= 0.3 is 0 Å². The molecular formula is C10H12BrN5O. The molecule has 0 bridgehead atoms. The molecule has 0 atom stereocenters. The molecule has 0 aliphatic heterocycles. The quantitative estimate of drug-likeness (QED) is 0.882. The Morgan fingerprint density at radius 3 is 2.71 bits per heavy atom. The zero-order valence-electron chi connectivity index (χ0n) is 9.27. The first-order valence-corrected chi connectivity index (χ1v) is 5.98. The average molecular weight is 298 g/mol. The highest BCUT2D eigenvalue weighted by Gasteiger charge is 2.07. The molecule has 17 heavy (non-hydrogen) atoms. The monoisotopic (exact) mass is 297 g/mol. The first-order valence-electron chi connectivity index (χ1n) is 5.18. The summed E-state index contributed by atoms with van der Waals surface area (Å²) >= 11 is 3.45. The second kappa shape index (κ2) is 5.62. The summed E-state index contributed by atoms with van der Waals surface area (Å²) in [5, 5.41) is 10.1. The molecule has 7 heteroatoms. The number of nitrogens with zero attached hydrogens (tertiary/aromatic N) is 3. The van der Waals surface area contributed by atoms with E-state index in [9.17, 15) is 0 Å². The smallest absolute Gasteiger partial charge is 0.146 e. The van der Waals surface area contributed by atoms with Crippen molar-refractivity contribution in [3.8, 4) is 0 Å². The van der Waals surface area contributed by atoms with Crippen LogP contribution in [0.1, 0.15) is 12.6 Å². The molecule has 2 heterocycles. The Bertz CT molecular complexity index is 474. The van der Waals surface area contributed by atoms with E-state index in [0.717, 1.165) is 28.3 Å². The van der Waals surface area contributed by atoms with E-state index < -0.39 is 0 Å². The van der Waals surface area contributed by atoms with Crippen LogP contribution >= 0.6 is 15.9 Å². The van der Waals surface area contributed by atoms with Crippen molar-refractivity contribution >= 4 is 27.6 Å². The zero-order chi connectivity index (χ0) is 12.1. The number of rotatable bonds is 5. The molecule has 0 aliphatic carbocycles. The number of halogens is 1. The predicted octanol–water partition coefficient (Wildman–Crippen LogP) is 2.27. The first kappa shape index (κ1) is 11.8. The van der Waals surface area contributed by atoms with Gasteiger partial charge in [-0.15, -0.1) is 0 Å². The van der Waals surface area contributed by atoms with Crippen LogP contribution in [0.4, 0.5) is 11.6 Å². The fourth-order valence-electron chi connectivity index (χ4n) is 1.29. The van der Waals surface area contributed by atoms with E-state index in [1.807, 2.05) is 6.92 Å². The van der Waals surface area contributed by atoms with Gasteiger partial charge in [0.2, 0.25) is 0 Å². The van der Waals surface area contributed by atoms with Crippen molar-refractivity contribution in [1.29, 1.82) is 0 Å². The van der Waals surface area contributed by atoms with Crippen LogP contribution in [0.25, 0.3) is 0 Å². The second-order valence-corrected chi connectivity index (χ2v) is 4.05. The minimum absolute atomic E-state index is 0.553. The molecule has 2 rings (SSSR count). The van der Waals surface area contributed by atoms with Gasteiger partial charge in [0.15, 0.2) is 0 Å². The fraction of sp³-hybridized carbons (Fsp3) is 0.300. The van der Waals surface area contributed by atoms with Crippen LogP contribution in [0, 0.1) is 0 Å². The number of hydrogen-bond donors (Lipinski definition) is 2. The standard InChI is InChI=1S/C10H12BrN5O/c1-2-12-9-8(11)10(15-6-14-9)13-5-7-3-4-17-16-7/h3-4,6H,2,5H2,1H3,(H2,12,13,14,15). The van der Waals surface area contributed by atoms with Crippen molar-refractivity contribution in [2.45, 2.75) is 13.5 Å². The zero-order valence-corrected chi connectivity index (χ0v) is 10.9. The van der Waals surface area contributed by atoms with Crippen molar-refractivity contribution < 1.29 is 4.52 Å². The third-order valence-electron chi connectivity index (χ3n) is 2.06. The van der Waals surface area contributed by atoms with Crippen LogP contribution in [-0.4, -0.2) is 21.7 Å². The van der Waals surface area contributed by atoms with E-state index >= 15 is 0 Å². The summed E-state index contributed by atoms with van der Waals surface area (Å²) in [6.07, 6.45) is 3.05. The summed E-state index contributed by atoms with van der Waals surface area (Å²) in [4.78, 5) is 8.28. The number of hydrogen-bond acceptors (Lipinski definition) is 6. The number of aromatic nitrogens is 3. The van der Waals surface area contributed by atoms with Crippen LogP contribution in [0.5, 0.6) is 0 Å². The lowest BCUT2D eigenvalue weighted by molar-refractivity contribution is 0.412. The van der Waals surface area contributed by atoms with Gasteiger partial charge in [-0.25, -0.2) is 9.97 Å². The van der Waals surface area contributed by atoms with Crippen molar-refractivity contribution in [2.75, 3.05) is 17.2 Å². The van der Waals surface area contributed by atoms with Gasteiger partial charge in [0.1, 0.15) is 34.4 Å². The molecule has 0 saturated carbocycles. The summed E-state index contributed by atoms with van der Waals surface area (Å²) in [5.74, 6) is 1.49. The van der Waals surface area contributed by atoms with Gasteiger partial charge in [0.05, 0.1) is 6.54 Å².